The number of aromatic nitrogens is 1. The number of aromatic carboxylic acids is 1. The molecule has 0 saturated carbocycles. The molecule has 14 heavy (non-hydrogen) atoms. The highest BCUT2D eigenvalue weighted by Crippen LogP contribution is 2.12. The molecular formula is C9H7NO4. The van der Waals surface area contributed by atoms with Crippen molar-refractivity contribution in [2.45, 2.75) is 6.42 Å². The minimum absolute atomic E-state index is 0.0707. The van der Waals surface area contributed by atoms with Crippen molar-refractivity contribution >= 4 is 5.97 Å². The second-order valence-corrected chi connectivity index (χ2v) is 2.74. The number of rotatable bonds is 3. The molecule has 0 atom stereocenters. The van der Waals surface area contributed by atoms with Crippen molar-refractivity contribution in [3.05, 3.63) is 41.7 Å². The van der Waals surface area contributed by atoms with Crippen LogP contribution >= 0.6 is 0 Å². The van der Waals surface area contributed by atoms with E-state index in [9.17, 15) is 4.79 Å². The maximum absolute atomic E-state index is 10.7. The first-order valence-electron chi connectivity index (χ1n) is 3.96. The van der Waals surface area contributed by atoms with Crippen molar-refractivity contribution in [1.82, 2.24) is 5.16 Å². The third-order valence-corrected chi connectivity index (χ3v) is 1.80. The SMILES string of the molecule is O=C(O)c1conc1Cc1ccco1. The molecule has 0 aliphatic carbocycles. The Bertz CT molecular complexity index is 429. The number of carbonyl (C=O) groups is 1. The second-order valence-electron chi connectivity index (χ2n) is 2.74. The standard InChI is InChI=1S/C9H7NO4/c11-9(12)7-5-14-10-8(7)4-6-2-1-3-13-6/h1-3,5H,4H2,(H,11,12). The largest absolute Gasteiger partial charge is 0.478 e. The van der Waals surface area contributed by atoms with E-state index in [0.29, 0.717) is 17.9 Å². The number of nitrogens with zero attached hydrogens (tertiary/aromatic N) is 1. The van der Waals surface area contributed by atoms with Crippen LogP contribution in [0.2, 0.25) is 0 Å². The fourth-order valence-electron chi connectivity index (χ4n) is 1.14. The number of hydrogen-bond acceptors (Lipinski definition) is 4. The summed E-state index contributed by atoms with van der Waals surface area (Å²) in [5.74, 6) is -0.394. The van der Waals surface area contributed by atoms with Crippen LogP contribution in [0.4, 0.5) is 0 Å². The maximum Gasteiger partial charge on any atom is 0.340 e. The van der Waals surface area contributed by atoms with Crippen LogP contribution in [0.3, 0.4) is 0 Å². The molecule has 0 spiro atoms. The smallest absolute Gasteiger partial charge is 0.340 e. The Hall–Kier alpha value is -2.04. The van der Waals surface area contributed by atoms with Gasteiger partial charge in [-0.1, -0.05) is 5.16 Å². The lowest BCUT2D eigenvalue weighted by Crippen LogP contribution is -2.00. The van der Waals surface area contributed by atoms with Crippen LogP contribution < -0.4 is 0 Å². The summed E-state index contributed by atoms with van der Waals surface area (Å²) in [6.45, 7) is 0. The molecular weight excluding hydrogens is 186 g/mol. The van der Waals surface area contributed by atoms with Gasteiger partial charge in [-0.05, 0) is 12.1 Å². The quantitative estimate of drug-likeness (QED) is 0.800. The first-order valence-corrected chi connectivity index (χ1v) is 3.96. The average molecular weight is 193 g/mol. The van der Waals surface area contributed by atoms with Crippen molar-refractivity contribution in [2.24, 2.45) is 0 Å². The van der Waals surface area contributed by atoms with Crippen molar-refractivity contribution in [1.29, 1.82) is 0 Å². The minimum Gasteiger partial charge on any atom is -0.478 e. The van der Waals surface area contributed by atoms with Crippen LogP contribution in [0.25, 0.3) is 0 Å². The van der Waals surface area contributed by atoms with Gasteiger partial charge in [0.1, 0.15) is 23.3 Å². The maximum atomic E-state index is 10.7. The number of hydrogen-bond donors (Lipinski definition) is 1. The predicted octanol–water partition coefficient (Wildman–Crippen LogP) is 1.56. The van der Waals surface area contributed by atoms with Gasteiger partial charge < -0.3 is 14.0 Å². The van der Waals surface area contributed by atoms with Gasteiger partial charge >= 0.3 is 5.97 Å². The van der Waals surface area contributed by atoms with E-state index in [-0.39, 0.29) is 5.56 Å². The summed E-state index contributed by atoms with van der Waals surface area (Å²) in [7, 11) is 0. The van der Waals surface area contributed by atoms with E-state index in [0.717, 1.165) is 6.26 Å². The zero-order chi connectivity index (χ0) is 9.97. The monoisotopic (exact) mass is 193 g/mol. The first kappa shape index (κ1) is 8.55. The summed E-state index contributed by atoms with van der Waals surface area (Å²) >= 11 is 0. The Morgan fingerprint density at radius 1 is 1.57 bits per heavy atom. The molecule has 0 aliphatic heterocycles. The van der Waals surface area contributed by atoms with Crippen LogP contribution in [0, 0.1) is 0 Å². The number of carboxylic acids is 1. The van der Waals surface area contributed by atoms with Gasteiger partial charge in [-0.3, -0.25) is 0 Å². The lowest BCUT2D eigenvalue weighted by molar-refractivity contribution is 0.0695. The van der Waals surface area contributed by atoms with Crippen molar-refractivity contribution in [3.63, 3.8) is 0 Å². The van der Waals surface area contributed by atoms with E-state index in [1.165, 1.54) is 6.26 Å². The molecule has 0 amide bonds. The van der Waals surface area contributed by atoms with Crippen molar-refractivity contribution < 1.29 is 18.8 Å². The van der Waals surface area contributed by atoms with E-state index in [1.807, 2.05) is 0 Å². The van der Waals surface area contributed by atoms with Gasteiger partial charge in [-0.25, -0.2) is 4.79 Å². The third-order valence-electron chi connectivity index (χ3n) is 1.80. The Kier molecular flexibility index (Phi) is 2.06. The van der Waals surface area contributed by atoms with Gasteiger partial charge in [-0.2, -0.15) is 0 Å². The molecule has 0 radical (unpaired) electrons. The molecule has 2 aromatic heterocycles. The van der Waals surface area contributed by atoms with E-state index in [1.54, 1.807) is 12.1 Å². The lowest BCUT2D eigenvalue weighted by atomic mass is 10.2. The summed E-state index contributed by atoms with van der Waals surface area (Å²) in [6, 6.07) is 3.48. The fourth-order valence-corrected chi connectivity index (χ4v) is 1.14. The van der Waals surface area contributed by atoms with Crippen molar-refractivity contribution in [2.75, 3.05) is 0 Å². The van der Waals surface area contributed by atoms with Crippen LogP contribution in [0.5, 0.6) is 0 Å². The van der Waals surface area contributed by atoms with E-state index < -0.39 is 5.97 Å². The van der Waals surface area contributed by atoms with Gasteiger partial charge in [0.25, 0.3) is 0 Å². The summed E-state index contributed by atoms with van der Waals surface area (Å²) in [5, 5.41) is 12.3. The molecule has 5 heteroatoms. The molecule has 0 saturated heterocycles. The molecule has 0 fully saturated rings. The number of furan rings is 1. The zero-order valence-electron chi connectivity index (χ0n) is 7.14. The average Bonchev–Trinajstić information content (AvgIpc) is 2.75. The van der Waals surface area contributed by atoms with Gasteiger partial charge in [0, 0.05) is 0 Å². The summed E-state index contributed by atoms with van der Waals surface area (Å²) in [6.07, 6.45) is 2.96. The summed E-state index contributed by atoms with van der Waals surface area (Å²) in [5.41, 5.74) is 0.439. The van der Waals surface area contributed by atoms with Crippen molar-refractivity contribution in [3.8, 4) is 0 Å². The van der Waals surface area contributed by atoms with E-state index in [2.05, 4.69) is 9.68 Å². The third kappa shape index (κ3) is 1.52. The molecule has 0 aliphatic rings. The highest BCUT2D eigenvalue weighted by atomic mass is 16.5. The van der Waals surface area contributed by atoms with E-state index >= 15 is 0 Å². The molecule has 0 unspecified atom stereocenters. The normalized spacial score (nSPS) is 10.3. The molecule has 2 heterocycles. The van der Waals surface area contributed by atoms with Crippen LogP contribution in [-0.4, -0.2) is 16.2 Å². The second kappa shape index (κ2) is 3.37. The fraction of sp³-hybridized carbons (Fsp3) is 0.111. The van der Waals surface area contributed by atoms with Gasteiger partial charge in [0.05, 0.1) is 12.7 Å². The van der Waals surface area contributed by atoms with E-state index in [4.69, 9.17) is 9.52 Å². The Morgan fingerprint density at radius 3 is 3.07 bits per heavy atom. The Labute approximate surface area is 78.9 Å². The first-order chi connectivity index (χ1) is 6.77. The Morgan fingerprint density at radius 2 is 2.43 bits per heavy atom. The van der Waals surface area contributed by atoms with Gasteiger partial charge in [0.15, 0.2) is 0 Å². The zero-order valence-corrected chi connectivity index (χ0v) is 7.14. The predicted molar refractivity (Wildman–Crippen MR) is 45.0 cm³/mol. The number of carboxylic acid groups (broad SMARTS) is 1. The molecule has 0 bridgehead atoms. The van der Waals surface area contributed by atoms with Gasteiger partial charge in [0.2, 0.25) is 0 Å². The minimum atomic E-state index is -1.05. The van der Waals surface area contributed by atoms with Crippen LogP contribution in [-0.2, 0) is 6.42 Å². The highest BCUT2D eigenvalue weighted by Gasteiger charge is 2.15. The molecule has 1 N–H and O–H groups in total. The Balaban J connectivity index is 2.25. The highest BCUT2D eigenvalue weighted by molar-refractivity contribution is 5.88. The summed E-state index contributed by atoms with van der Waals surface area (Å²) in [4.78, 5) is 10.7. The molecule has 0 aromatic carbocycles. The van der Waals surface area contributed by atoms with Crippen LogP contribution in [0.1, 0.15) is 21.8 Å². The molecule has 2 aromatic rings. The lowest BCUT2D eigenvalue weighted by Gasteiger charge is -1.92. The summed E-state index contributed by atoms with van der Waals surface area (Å²) < 4.78 is 9.65. The molecule has 72 valence electrons. The molecule has 2 rings (SSSR count). The molecule has 5 nitrogen and oxygen atoms in total. The topological polar surface area (TPSA) is 76.5 Å². The van der Waals surface area contributed by atoms with Gasteiger partial charge in [-0.15, -0.1) is 0 Å². The van der Waals surface area contributed by atoms with Crippen LogP contribution in [0.15, 0.2) is 33.6 Å².